The second-order valence-electron chi connectivity index (χ2n) is 10.9. The molecule has 0 aliphatic heterocycles. The summed E-state index contributed by atoms with van der Waals surface area (Å²) in [6, 6.07) is 25.1. The van der Waals surface area contributed by atoms with Gasteiger partial charge in [0, 0.05) is 67.7 Å². The normalized spacial score (nSPS) is 12.7. The predicted octanol–water partition coefficient (Wildman–Crippen LogP) is 4.91. The topological polar surface area (TPSA) is 125 Å². The Hall–Kier alpha value is -4.36. The molecule has 12 heteroatoms. The zero-order valence-corrected chi connectivity index (χ0v) is 27.2. The molecule has 2 N–H and O–H groups in total. The average molecular weight is 650 g/mol. The molecular formula is C33H35N3O7S2. The van der Waals surface area contributed by atoms with Crippen molar-refractivity contribution in [3.8, 4) is 11.5 Å². The van der Waals surface area contributed by atoms with Crippen molar-refractivity contribution >= 4 is 53.1 Å². The average Bonchev–Trinajstić information content (AvgIpc) is 3.02. The third-order valence-corrected chi connectivity index (χ3v) is 10.3. The van der Waals surface area contributed by atoms with Crippen LogP contribution in [-0.4, -0.2) is 63.8 Å². The van der Waals surface area contributed by atoms with E-state index >= 15 is 0 Å². The summed E-state index contributed by atoms with van der Waals surface area (Å²) in [6.45, 7) is -0.335. The van der Waals surface area contributed by atoms with Crippen molar-refractivity contribution in [1.29, 1.82) is 0 Å². The Labute approximate surface area is 263 Å². The SMILES string of the molecule is COc1cc(C(O)CNS(=O)(=O)c2cccc3c(N(C)C)cccc23)ccc1OS(=O)(=O)c1cccc2c(N(C)C)cccc12. The summed E-state index contributed by atoms with van der Waals surface area (Å²) in [7, 11) is 0.573. The minimum atomic E-state index is -4.29. The van der Waals surface area contributed by atoms with Gasteiger partial charge in [-0.15, -0.1) is 0 Å². The molecule has 0 heterocycles. The van der Waals surface area contributed by atoms with E-state index in [1.807, 2.05) is 62.3 Å². The summed E-state index contributed by atoms with van der Waals surface area (Å²) >= 11 is 0. The lowest BCUT2D eigenvalue weighted by atomic mass is 10.1. The second-order valence-corrected chi connectivity index (χ2v) is 14.1. The highest BCUT2D eigenvalue weighted by Crippen LogP contribution is 2.36. The van der Waals surface area contributed by atoms with Gasteiger partial charge in [0.25, 0.3) is 0 Å². The summed E-state index contributed by atoms with van der Waals surface area (Å²) < 4.78 is 67.0. The van der Waals surface area contributed by atoms with Crippen LogP contribution in [0, 0.1) is 0 Å². The number of aliphatic hydroxyl groups excluding tert-OH is 1. The number of anilines is 2. The molecule has 0 aliphatic carbocycles. The fraction of sp³-hybridized carbons (Fsp3) is 0.212. The smallest absolute Gasteiger partial charge is 0.339 e. The van der Waals surface area contributed by atoms with Gasteiger partial charge in [0.05, 0.1) is 18.1 Å². The maximum absolute atomic E-state index is 13.5. The first kappa shape index (κ1) is 32.0. The molecule has 0 spiro atoms. The van der Waals surface area contributed by atoms with Crippen molar-refractivity contribution in [3.63, 3.8) is 0 Å². The Morgan fingerprint density at radius 2 is 1.20 bits per heavy atom. The van der Waals surface area contributed by atoms with Crippen LogP contribution in [0.15, 0.2) is 101 Å². The Bertz CT molecular complexity index is 2100. The van der Waals surface area contributed by atoms with Crippen LogP contribution in [0.5, 0.6) is 11.5 Å². The summed E-state index contributed by atoms with van der Waals surface area (Å²) in [5.41, 5.74) is 2.03. The zero-order chi connectivity index (χ0) is 32.5. The predicted molar refractivity (Wildman–Crippen MR) is 178 cm³/mol. The molecule has 5 aromatic rings. The summed E-state index contributed by atoms with van der Waals surface area (Å²) in [4.78, 5) is 3.89. The zero-order valence-electron chi connectivity index (χ0n) is 25.6. The standard InChI is InChI=1S/C33H35N3O7S2/c1-35(2)27-14-6-12-25-23(27)10-8-16-32(25)44(38,39)34-21-29(37)22-18-19-30(31(20-22)42-5)43-45(40,41)33-17-9-11-24-26(33)13-7-15-28(24)36(3)4/h6-20,29,34,37H,21H2,1-5H3. The number of fused-ring (bicyclic) bond motifs is 2. The lowest BCUT2D eigenvalue weighted by Crippen LogP contribution is -2.28. The van der Waals surface area contributed by atoms with E-state index in [0.717, 1.165) is 22.1 Å². The van der Waals surface area contributed by atoms with Crippen molar-refractivity contribution in [2.45, 2.75) is 15.9 Å². The first-order valence-corrected chi connectivity index (χ1v) is 16.9. The van der Waals surface area contributed by atoms with E-state index in [-0.39, 0.29) is 27.8 Å². The Kier molecular flexibility index (Phi) is 8.95. The van der Waals surface area contributed by atoms with Gasteiger partial charge in [0.1, 0.15) is 4.90 Å². The van der Waals surface area contributed by atoms with Crippen molar-refractivity contribution in [1.82, 2.24) is 4.72 Å². The second kappa shape index (κ2) is 12.6. The first-order chi connectivity index (χ1) is 21.3. The molecule has 5 rings (SSSR count). The van der Waals surface area contributed by atoms with Crippen LogP contribution in [0.2, 0.25) is 0 Å². The van der Waals surface area contributed by atoms with Gasteiger partial charge in [0.2, 0.25) is 10.0 Å². The van der Waals surface area contributed by atoms with E-state index < -0.39 is 26.2 Å². The van der Waals surface area contributed by atoms with E-state index in [1.165, 1.54) is 37.4 Å². The number of nitrogens with one attached hydrogen (secondary N) is 1. The van der Waals surface area contributed by atoms with Gasteiger partial charge >= 0.3 is 10.1 Å². The van der Waals surface area contributed by atoms with Crippen LogP contribution in [0.3, 0.4) is 0 Å². The number of benzene rings is 5. The van der Waals surface area contributed by atoms with Crippen LogP contribution in [-0.2, 0) is 20.1 Å². The maximum Gasteiger partial charge on any atom is 0.339 e. The summed E-state index contributed by atoms with van der Waals surface area (Å²) in [5, 5.41) is 13.5. The van der Waals surface area contributed by atoms with Crippen molar-refractivity contribution in [2.24, 2.45) is 0 Å². The van der Waals surface area contributed by atoms with Crippen LogP contribution < -0.4 is 23.4 Å². The minimum absolute atomic E-state index is 0.00425. The number of nitrogens with zero attached hydrogens (tertiary/aromatic N) is 2. The lowest BCUT2D eigenvalue weighted by Gasteiger charge is -2.18. The van der Waals surface area contributed by atoms with E-state index in [4.69, 9.17) is 8.92 Å². The van der Waals surface area contributed by atoms with Gasteiger partial charge in [-0.3, -0.25) is 0 Å². The van der Waals surface area contributed by atoms with E-state index in [2.05, 4.69) is 4.72 Å². The monoisotopic (exact) mass is 649 g/mol. The van der Waals surface area contributed by atoms with Gasteiger partial charge in [0.15, 0.2) is 11.5 Å². The van der Waals surface area contributed by atoms with Crippen LogP contribution in [0.1, 0.15) is 11.7 Å². The molecular weight excluding hydrogens is 615 g/mol. The number of methoxy groups -OCH3 is 1. The molecule has 0 saturated heterocycles. The van der Waals surface area contributed by atoms with Crippen molar-refractivity contribution < 1.29 is 30.9 Å². The molecule has 0 aliphatic rings. The van der Waals surface area contributed by atoms with Gasteiger partial charge in [-0.05, 0) is 42.0 Å². The summed E-state index contributed by atoms with van der Waals surface area (Å²) in [5.74, 6) is -0.0280. The number of ether oxygens (including phenoxy) is 1. The third-order valence-electron chi connectivity index (χ3n) is 7.48. The van der Waals surface area contributed by atoms with Crippen LogP contribution in [0.4, 0.5) is 11.4 Å². The number of rotatable bonds is 11. The molecule has 5 aromatic carbocycles. The Balaban J connectivity index is 1.37. The summed E-state index contributed by atoms with van der Waals surface area (Å²) in [6.07, 6.45) is -1.27. The van der Waals surface area contributed by atoms with Crippen molar-refractivity contribution in [2.75, 3.05) is 51.6 Å². The number of hydrogen-bond acceptors (Lipinski definition) is 9. The van der Waals surface area contributed by atoms with E-state index in [1.54, 1.807) is 36.4 Å². The molecule has 0 amide bonds. The molecule has 45 heavy (non-hydrogen) atoms. The largest absolute Gasteiger partial charge is 0.493 e. The molecule has 1 atom stereocenters. The molecule has 0 aromatic heterocycles. The minimum Gasteiger partial charge on any atom is -0.493 e. The third kappa shape index (κ3) is 6.40. The number of hydrogen-bond donors (Lipinski definition) is 2. The number of aliphatic hydroxyl groups is 1. The lowest BCUT2D eigenvalue weighted by molar-refractivity contribution is 0.181. The molecule has 0 radical (unpaired) electrons. The van der Waals surface area contributed by atoms with Gasteiger partial charge < -0.3 is 23.8 Å². The van der Waals surface area contributed by atoms with Gasteiger partial charge in [-0.25, -0.2) is 13.1 Å². The van der Waals surface area contributed by atoms with Crippen LogP contribution >= 0.6 is 0 Å². The molecule has 0 bridgehead atoms. The van der Waals surface area contributed by atoms with Crippen LogP contribution in [0.25, 0.3) is 21.5 Å². The molecule has 1 unspecified atom stereocenters. The molecule has 0 fully saturated rings. The fourth-order valence-electron chi connectivity index (χ4n) is 5.27. The number of sulfonamides is 1. The van der Waals surface area contributed by atoms with E-state index in [9.17, 15) is 21.9 Å². The highest BCUT2D eigenvalue weighted by atomic mass is 32.2. The Morgan fingerprint density at radius 3 is 1.76 bits per heavy atom. The fourth-order valence-corrected chi connectivity index (χ4v) is 7.68. The Morgan fingerprint density at radius 1 is 0.689 bits per heavy atom. The first-order valence-electron chi connectivity index (χ1n) is 14.0. The van der Waals surface area contributed by atoms with Gasteiger partial charge in [-0.2, -0.15) is 8.42 Å². The molecule has 236 valence electrons. The highest BCUT2D eigenvalue weighted by Gasteiger charge is 2.24. The maximum atomic E-state index is 13.5. The van der Waals surface area contributed by atoms with Gasteiger partial charge in [-0.1, -0.05) is 54.6 Å². The van der Waals surface area contributed by atoms with Crippen molar-refractivity contribution in [3.05, 3.63) is 96.6 Å². The highest BCUT2D eigenvalue weighted by molar-refractivity contribution is 7.89. The molecule has 10 nitrogen and oxygen atoms in total. The quantitative estimate of drug-likeness (QED) is 0.192. The molecule has 0 saturated carbocycles. The van der Waals surface area contributed by atoms with E-state index in [0.29, 0.717) is 16.3 Å².